The van der Waals surface area contributed by atoms with Gasteiger partial charge in [0.2, 0.25) is 0 Å². The van der Waals surface area contributed by atoms with Crippen LogP contribution >= 0.6 is 0 Å². The summed E-state index contributed by atoms with van der Waals surface area (Å²) in [6.07, 6.45) is 1.47. The van der Waals surface area contributed by atoms with E-state index >= 15 is 0 Å². The van der Waals surface area contributed by atoms with Crippen LogP contribution in [0.1, 0.15) is 49.5 Å². The third-order valence-corrected chi connectivity index (χ3v) is 5.37. The lowest BCUT2D eigenvalue weighted by molar-refractivity contribution is 0.0200. The minimum Gasteiger partial charge on any atom is -0.457 e. The molecule has 0 aromatic heterocycles. The van der Waals surface area contributed by atoms with Crippen LogP contribution in [-0.2, 0) is 16.1 Å². The van der Waals surface area contributed by atoms with Gasteiger partial charge in [-0.2, -0.15) is 0 Å². The molecule has 166 valence electrons. The monoisotopic (exact) mass is 424 g/mol. The molecule has 0 bridgehead atoms. The van der Waals surface area contributed by atoms with Crippen molar-refractivity contribution in [3.63, 3.8) is 0 Å². The normalized spacial score (nSPS) is 14.8. The van der Waals surface area contributed by atoms with E-state index < -0.39 is 5.60 Å². The molecule has 1 aliphatic rings. The fourth-order valence-corrected chi connectivity index (χ4v) is 3.61. The van der Waals surface area contributed by atoms with Gasteiger partial charge in [-0.1, -0.05) is 30.3 Å². The largest absolute Gasteiger partial charge is 0.457 e. The van der Waals surface area contributed by atoms with Crippen molar-refractivity contribution in [2.24, 2.45) is 0 Å². The molecule has 2 aromatic rings. The molecule has 1 heterocycles. The molecule has 0 saturated carbocycles. The quantitative estimate of drug-likeness (QED) is 0.641. The third kappa shape index (κ3) is 6.48. The van der Waals surface area contributed by atoms with E-state index in [0.717, 1.165) is 37.2 Å². The Morgan fingerprint density at radius 1 is 1.00 bits per heavy atom. The summed E-state index contributed by atoms with van der Waals surface area (Å²) in [5.74, 6) is -0.326. The van der Waals surface area contributed by atoms with E-state index in [1.165, 1.54) is 0 Å². The lowest BCUT2D eigenvalue weighted by Gasteiger charge is -2.38. The maximum atomic E-state index is 12.3. The Morgan fingerprint density at radius 2 is 1.61 bits per heavy atom. The van der Waals surface area contributed by atoms with Crippen LogP contribution in [0.3, 0.4) is 0 Å². The summed E-state index contributed by atoms with van der Waals surface area (Å²) in [7, 11) is 1.81. The van der Waals surface area contributed by atoms with Crippen molar-refractivity contribution in [3.8, 4) is 0 Å². The molecule has 0 unspecified atom stereocenters. The predicted octanol–water partition coefficient (Wildman–Crippen LogP) is 4.88. The molecule has 31 heavy (non-hydrogen) atoms. The number of ether oxygens (including phenoxy) is 2. The van der Waals surface area contributed by atoms with E-state index in [2.05, 4.69) is 4.90 Å². The van der Waals surface area contributed by atoms with Crippen molar-refractivity contribution in [2.75, 3.05) is 25.0 Å². The first-order valence-electron chi connectivity index (χ1n) is 10.7. The number of rotatable bonds is 5. The average Bonchev–Trinajstić information content (AvgIpc) is 2.77. The van der Waals surface area contributed by atoms with Gasteiger partial charge in [0, 0.05) is 31.9 Å². The number of anilines is 1. The molecule has 0 spiro atoms. The molecule has 1 amide bonds. The maximum Gasteiger partial charge on any atom is 0.410 e. The number of amides is 1. The lowest BCUT2D eigenvalue weighted by Crippen LogP contribution is -2.47. The van der Waals surface area contributed by atoms with Crippen LogP contribution in [0.25, 0.3) is 0 Å². The van der Waals surface area contributed by atoms with Crippen molar-refractivity contribution in [1.82, 2.24) is 4.90 Å². The van der Waals surface area contributed by atoms with Crippen molar-refractivity contribution in [2.45, 2.75) is 51.9 Å². The van der Waals surface area contributed by atoms with E-state index in [1.807, 2.05) is 82.4 Å². The number of esters is 1. The molecular formula is C25H32N2O4. The Bertz CT molecular complexity index is 867. The van der Waals surface area contributed by atoms with Crippen LogP contribution in [0.2, 0.25) is 0 Å². The third-order valence-electron chi connectivity index (χ3n) is 5.37. The summed E-state index contributed by atoms with van der Waals surface area (Å²) in [6, 6.07) is 17.3. The van der Waals surface area contributed by atoms with Gasteiger partial charge in [-0.15, -0.1) is 0 Å². The second kappa shape index (κ2) is 9.86. The van der Waals surface area contributed by atoms with E-state index in [4.69, 9.17) is 9.47 Å². The summed E-state index contributed by atoms with van der Waals surface area (Å²) >= 11 is 0. The van der Waals surface area contributed by atoms with E-state index in [9.17, 15) is 9.59 Å². The van der Waals surface area contributed by atoms with Gasteiger partial charge in [0.25, 0.3) is 0 Å². The molecule has 2 aromatic carbocycles. The standard InChI is InChI=1S/C25H32N2O4/c1-25(2,3)31-24(29)26(4)21-14-16-27(17-15-21)22-12-10-20(11-13-22)23(28)30-18-19-8-6-5-7-9-19/h5-13,21H,14-18H2,1-4H3. The highest BCUT2D eigenvalue weighted by molar-refractivity contribution is 5.89. The van der Waals surface area contributed by atoms with Gasteiger partial charge in [-0.25, -0.2) is 9.59 Å². The molecule has 0 aliphatic carbocycles. The number of benzene rings is 2. The molecule has 0 atom stereocenters. The summed E-state index contributed by atoms with van der Waals surface area (Å²) in [4.78, 5) is 28.6. The molecule has 6 heteroatoms. The van der Waals surface area contributed by atoms with Crippen molar-refractivity contribution in [1.29, 1.82) is 0 Å². The molecule has 3 rings (SSSR count). The number of hydrogen-bond acceptors (Lipinski definition) is 5. The van der Waals surface area contributed by atoms with Crippen LogP contribution in [-0.4, -0.2) is 48.7 Å². The minimum atomic E-state index is -0.490. The Kier molecular flexibility index (Phi) is 7.21. The zero-order valence-corrected chi connectivity index (χ0v) is 18.8. The Labute approximate surface area is 184 Å². The smallest absolute Gasteiger partial charge is 0.410 e. The minimum absolute atomic E-state index is 0.165. The van der Waals surface area contributed by atoms with Crippen LogP contribution in [0.15, 0.2) is 54.6 Å². The number of carbonyl (C=O) groups is 2. The molecule has 0 N–H and O–H groups in total. The highest BCUT2D eigenvalue weighted by Crippen LogP contribution is 2.24. The zero-order valence-electron chi connectivity index (χ0n) is 18.8. The number of piperidine rings is 1. The maximum absolute atomic E-state index is 12.3. The number of hydrogen-bond donors (Lipinski definition) is 0. The average molecular weight is 425 g/mol. The first-order chi connectivity index (χ1) is 14.7. The molecule has 0 radical (unpaired) electrons. The Hall–Kier alpha value is -3.02. The number of nitrogens with zero attached hydrogens (tertiary/aromatic N) is 2. The molecule has 1 fully saturated rings. The Balaban J connectivity index is 1.49. The van der Waals surface area contributed by atoms with Crippen LogP contribution in [0.4, 0.5) is 10.5 Å². The van der Waals surface area contributed by atoms with Gasteiger partial charge in [-0.3, -0.25) is 0 Å². The molecule has 6 nitrogen and oxygen atoms in total. The zero-order chi connectivity index (χ0) is 22.4. The van der Waals surface area contributed by atoms with Crippen molar-refractivity contribution < 1.29 is 19.1 Å². The topological polar surface area (TPSA) is 59.1 Å². The van der Waals surface area contributed by atoms with E-state index in [0.29, 0.717) is 5.56 Å². The van der Waals surface area contributed by atoms with Crippen LogP contribution in [0.5, 0.6) is 0 Å². The van der Waals surface area contributed by atoms with Gasteiger partial charge in [0.15, 0.2) is 0 Å². The SMILES string of the molecule is CN(C(=O)OC(C)(C)C)C1CCN(c2ccc(C(=O)OCc3ccccc3)cc2)CC1. The van der Waals surface area contributed by atoms with Crippen LogP contribution < -0.4 is 4.90 Å². The van der Waals surface area contributed by atoms with Gasteiger partial charge in [0.1, 0.15) is 12.2 Å². The number of carbonyl (C=O) groups excluding carboxylic acids is 2. The van der Waals surface area contributed by atoms with E-state index in [1.54, 1.807) is 4.90 Å². The fraction of sp³-hybridized carbons (Fsp3) is 0.440. The van der Waals surface area contributed by atoms with Crippen molar-refractivity contribution in [3.05, 3.63) is 65.7 Å². The highest BCUT2D eigenvalue weighted by atomic mass is 16.6. The summed E-state index contributed by atoms with van der Waals surface area (Å²) in [5, 5.41) is 0. The molecule has 1 saturated heterocycles. The molecular weight excluding hydrogens is 392 g/mol. The second-order valence-corrected chi connectivity index (χ2v) is 8.92. The fourth-order valence-electron chi connectivity index (χ4n) is 3.61. The van der Waals surface area contributed by atoms with Gasteiger partial charge in [0.05, 0.1) is 5.56 Å². The predicted molar refractivity (Wildman–Crippen MR) is 121 cm³/mol. The van der Waals surface area contributed by atoms with Gasteiger partial charge < -0.3 is 19.3 Å². The summed E-state index contributed by atoms with van der Waals surface area (Å²) in [6.45, 7) is 7.58. The van der Waals surface area contributed by atoms with E-state index in [-0.39, 0.29) is 24.7 Å². The Morgan fingerprint density at radius 3 is 2.19 bits per heavy atom. The highest BCUT2D eigenvalue weighted by Gasteiger charge is 2.28. The first-order valence-corrected chi connectivity index (χ1v) is 10.7. The lowest BCUT2D eigenvalue weighted by atomic mass is 10.0. The first kappa shape index (κ1) is 22.7. The second-order valence-electron chi connectivity index (χ2n) is 8.92. The van der Waals surface area contributed by atoms with Gasteiger partial charge >= 0.3 is 12.1 Å². The van der Waals surface area contributed by atoms with Crippen LogP contribution in [0, 0.1) is 0 Å². The molecule has 1 aliphatic heterocycles. The van der Waals surface area contributed by atoms with Crippen molar-refractivity contribution >= 4 is 17.7 Å². The van der Waals surface area contributed by atoms with Gasteiger partial charge in [-0.05, 0) is 63.4 Å². The summed E-state index contributed by atoms with van der Waals surface area (Å²) < 4.78 is 10.9. The summed E-state index contributed by atoms with van der Waals surface area (Å²) in [5.41, 5.74) is 2.08.